The molecule has 4 rings (SSSR count). The maximum Gasteiger partial charge on any atom is 0.352 e. The summed E-state index contributed by atoms with van der Waals surface area (Å²) in [5.74, 6) is -2.49. The van der Waals surface area contributed by atoms with Crippen molar-refractivity contribution in [2.45, 2.75) is 46.7 Å². The first-order valence-corrected chi connectivity index (χ1v) is 16.0. The lowest BCUT2D eigenvalue weighted by Gasteiger charge is -2.49. The maximum atomic E-state index is 12.9. The lowest BCUT2D eigenvalue weighted by Crippen LogP contribution is -2.70. The molecular formula is C25H25Cl2N4O7S3+. The SMILES string of the molecule is O=C(CSc1cc(Cl)nc(Cl)c1)N[C@H]1C(=O)N2C(C(=O)O)=C(CSc3cc[n+](CCC[C@@H](O)C(=O)O)cc3)CS[C@H]12. The molecule has 0 bridgehead atoms. The minimum Gasteiger partial charge on any atom is -0.479 e. The molecule has 2 aliphatic rings. The quantitative estimate of drug-likeness (QED) is 0.108. The van der Waals surface area contributed by atoms with E-state index in [-0.39, 0.29) is 34.1 Å². The first-order valence-electron chi connectivity index (χ1n) is 12.2. The van der Waals surface area contributed by atoms with Gasteiger partial charge in [-0.05, 0) is 24.1 Å². The second-order valence-electron chi connectivity index (χ2n) is 9.01. The van der Waals surface area contributed by atoms with Gasteiger partial charge in [-0.25, -0.2) is 19.1 Å². The Bertz CT molecular complexity index is 1360. The number of pyridine rings is 2. The molecule has 4 N–H and O–H groups in total. The molecule has 2 aromatic heterocycles. The number of aliphatic hydroxyl groups excluding tert-OH is 1. The highest BCUT2D eigenvalue weighted by Gasteiger charge is 2.54. The van der Waals surface area contributed by atoms with Crippen LogP contribution in [-0.4, -0.2) is 83.7 Å². The van der Waals surface area contributed by atoms with Gasteiger partial charge in [-0.15, -0.1) is 35.3 Å². The van der Waals surface area contributed by atoms with Crippen LogP contribution in [0.1, 0.15) is 12.8 Å². The third kappa shape index (κ3) is 8.08. The molecule has 1 fully saturated rings. The fraction of sp³-hybridized carbons (Fsp3) is 0.360. The smallest absolute Gasteiger partial charge is 0.352 e. The molecule has 0 radical (unpaired) electrons. The number of thioether (sulfide) groups is 3. The Morgan fingerprint density at radius 3 is 2.46 bits per heavy atom. The van der Waals surface area contributed by atoms with E-state index < -0.39 is 35.4 Å². The predicted octanol–water partition coefficient (Wildman–Crippen LogP) is 2.52. The first-order chi connectivity index (χ1) is 19.5. The van der Waals surface area contributed by atoms with Crippen LogP contribution in [0.4, 0.5) is 0 Å². The summed E-state index contributed by atoms with van der Waals surface area (Å²) in [6.07, 6.45) is 2.93. The fourth-order valence-electron chi connectivity index (χ4n) is 4.13. The Labute approximate surface area is 257 Å². The maximum absolute atomic E-state index is 12.9. The number of hydrogen-bond donors (Lipinski definition) is 4. The molecule has 2 amide bonds. The van der Waals surface area contributed by atoms with Gasteiger partial charge in [0.2, 0.25) is 5.91 Å². The summed E-state index contributed by atoms with van der Waals surface area (Å²) in [4.78, 5) is 55.0. The van der Waals surface area contributed by atoms with Gasteiger partial charge < -0.3 is 20.6 Å². The zero-order chi connectivity index (χ0) is 29.7. The zero-order valence-electron chi connectivity index (χ0n) is 21.2. The number of nitrogens with one attached hydrogen (secondary N) is 1. The van der Waals surface area contributed by atoms with E-state index in [0.717, 1.165) is 4.90 Å². The van der Waals surface area contributed by atoms with Crippen LogP contribution in [0.5, 0.6) is 0 Å². The molecule has 0 saturated carbocycles. The number of aliphatic hydroxyl groups is 1. The summed E-state index contributed by atoms with van der Waals surface area (Å²) >= 11 is 15.8. The number of aryl methyl sites for hydroxylation is 1. The van der Waals surface area contributed by atoms with Crippen LogP contribution >= 0.6 is 58.5 Å². The minimum absolute atomic E-state index is 0.0166. The molecule has 1 saturated heterocycles. The van der Waals surface area contributed by atoms with Crippen LogP contribution in [0.3, 0.4) is 0 Å². The van der Waals surface area contributed by atoms with Crippen molar-refractivity contribution >= 4 is 82.2 Å². The van der Waals surface area contributed by atoms with Crippen LogP contribution < -0.4 is 9.88 Å². The summed E-state index contributed by atoms with van der Waals surface area (Å²) in [5, 5.41) is 30.7. The summed E-state index contributed by atoms with van der Waals surface area (Å²) in [6.45, 7) is 0.543. The van der Waals surface area contributed by atoms with Crippen LogP contribution in [0.25, 0.3) is 0 Å². The van der Waals surface area contributed by atoms with Gasteiger partial charge in [0.25, 0.3) is 5.91 Å². The van der Waals surface area contributed by atoms with Crippen LogP contribution in [0.2, 0.25) is 10.3 Å². The summed E-state index contributed by atoms with van der Waals surface area (Å²) in [6, 6.07) is 6.07. The van der Waals surface area contributed by atoms with E-state index in [0.29, 0.717) is 34.9 Å². The molecule has 11 nitrogen and oxygen atoms in total. The second-order valence-corrected chi connectivity index (χ2v) is 13.0. The van der Waals surface area contributed by atoms with E-state index in [9.17, 15) is 29.4 Å². The Balaban J connectivity index is 1.31. The van der Waals surface area contributed by atoms with Crippen molar-refractivity contribution in [2.75, 3.05) is 17.3 Å². The van der Waals surface area contributed by atoms with Gasteiger partial charge in [0.15, 0.2) is 18.5 Å². The normalized spacial score (nSPS) is 18.9. The van der Waals surface area contributed by atoms with Crippen molar-refractivity contribution in [2.24, 2.45) is 0 Å². The average Bonchev–Trinajstić information content (AvgIpc) is 2.93. The van der Waals surface area contributed by atoms with Crippen molar-refractivity contribution in [1.29, 1.82) is 0 Å². The number of aliphatic carboxylic acids is 2. The van der Waals surface area contributed by atoms with E-state index in [1.54, 1.807) is 12.1 Å². The number of aromatic nitrogens is 2. The van der Waals surface area contributed by atoms with E-state index in [4.69, 9.17) is 28.3 Å². The van der Waals surface area contributed by atoms with Gasteiger partial charge in [0.1, 0.15) is 34.0 Å². The summed E-state index contributed by atoms with van der Waals surface area (Å²) in [7, 11) is 0. The molecule has 0 spiro atoms. The number of halogens is 2. The van der Waals surface area contributed by atoms with Crippen molar-refractivity contribution in [3.05, 3.63) is 58.2 Å². The molecule has 0 unspecified atom stereocenters. The first kappa shape index (κ1) is 31.4. The van der Waals surface area contributed by atoms with Gasteiger partial charge in [-0.1, -0.05) is 23.2 Å². The lowest BCUT2D eigenvalue weighted by atomic mass is 10.0. The van der Waals surface area contributed by atoms with Crippen molar-refractivity contribution in [3.63, 3.8) is 0 Å². The lowest BCUT2D eigenvalue weighted by molar-refractivity contribution is -0.697. The van der Waals surface area contributed by atoms with Crippen LogP contribution in [0.15, 0.2) is 57.7 Å². The number of carbonyl (C=O) groups is 4. The van der Waals surface area contributed by atoms with Crippen molar-refractivity contribution in [1.82, 2.24) is 15.2 Å². The average molecular weight is 661 g/mol. The highest BCUT2D eigenvalue weighted by atomic mass is 35.5. The number of nitrogens with zero attached hydrogens (tertiary/aromatic N) is 3. The number of carboxylic acids is 2. The van der Waals surface area contributed by atoms with Gasteiger partial charge in [0.05, 0.1) is 5.75 Å². The van der Waals surface area contributed by atoms with E-state index in [2.05, 4.69) is 10.3 Å². The molecule has 2 aliphatic heterocycles. The number of β-lactam (4-membered cyclic amide) rings is 1. The Morgan fingerprint density at radius 1 is 1.15 bits per heavy atom. The molecule has 41 heavy (non-hydrogen) atoms. The highest BCUT2D eigenvalue weighted by molar-refractivity contribution is 8.01. The third-order valence-electron chi connectivity index (χ3n) is 6.13. The minimum atomic E-state index is -1.38. The van der Waals surface area contributed by atoms with Gasteiger partial charge in [-0.3, -0.25) is 14.5 Å². The number of amides is 2. The number of carboxylic acid groups (broad SMARTS) is 2. The van der Waals surface area contributed by atoms with Gasteiger partial charge in [-0.2, -0.15) is 0 Å². The Hall–Kier alpha value is -2.49. The van der Waals surface area contributed by atoms with Gasteiger partial charge in [0, 0.05) is 39.9 Å². The molecule has 2 aromatic rings. The molecular weight excluding hydrogens is 635 g/mol. The molecule has 0 aliphatic carbocycles. The third-order valence-corrected chi connectivity index (χ3v) is 9.93. The monoisotopic (exact) mass is 659 g/mol. The molecule has 218 valence electrons. The highest BCUT2D eigenvalue weighted by Crippen LogP contribution is 2.41. The van der Waals surface area contributed by atoms with E-state index in [1.165, 1.54) is 40.2 Å². The Morgan fingerprint density at radius 2 is 1.83 bits per heavy atom. The van der Waals surface area contributed by atoms with Gasteiger partial charge >= 0.3 is 11.9 Å². The number of hydrogen-bond acceptors (Lipinski definition) is 9. The fourth-order valence-corrected chi connectivity index (χ4v) is 7.86. The van der Waals surface area contributed by atoms with Crippen molar-refractivity contribution < 1.29 is 39.1 Å². The van der Waals surface area contributed by atoms with Crippen LogP contribution in [0, 0.1) is 0 Å². The zero-order valence-corrected chi connectivity index (χ0v) is 25.2. The number of carbonyl (C=O) groups excluding carboxylic acids is 2. The molecule has 16 heteroatoms. The Kier molecular flexibility index (Phi) is 10.8. The summed E-state index contributed by atoms with van der Waals surface area (Å²) < 4.78 is 1.87. The number of rotatable bonds is 13. The predicted molar refractivity (Wildman–Crippen MR) is 155 cm³/mol. The molecule has 3 atom stereocenters. The molecule has 4 heterocycles. The molecule has 0 aromatic carbocycles. The standard InChI is InChI=1S/C25H24Cl2N4O7S3/c26-17-8-15(9-18(27)28-17)40-12-19(33)29-20-22(34)31-21(25(37)38)13(11-41-23(20)31)10-39-14-3-6-30(7-4-14)5-1-2-16(32)24(35)36/h3-4,6-9,16,20,23,32H,1-2,5,10-12H2,(H2-,29,33,35,36,37,38)/p+1/t16-,20+,23-/m1/s1. The van der Waals surface area contributed by atoms with E-state index >= 15 is 0 Å². The van der Waals surface area contributed by atoms with E-state index in [1.807, 2.05) is 29.1 Å². The summed E-state index contributed by atoms with van der Waals surface area (Å²) in [5.41, 5.74) is 0.568. The second kappa shape index (κ2) is 14.1. The number of fused-ring (bicyclic) bond motifs is 1. The topological polar surface area (TPSA) is 161 Å². The van der Waals surface area contributed by atoms with Crippen molar-refractivity contribution in [3.8, 4) is 0 Å². The van der Waals surface area contributed by atoms with Crippen LogP contribution in [-0.2, 0) is 25.7 Å². The largest absolute Gasteiger partial charge is 0.479 e.